The van der Waals surface area contributed by atoms with Gasteiger partial charge in [0.1, 0.15) is 11.3 Å². The van der Waals surface area contributed by atoms with E-state index in [1.165, 1.54) is 5.56 Å². The second kappa shape index (κ2) is 5.76. The molecule has 3 rings (SSSR count). The molecule has 0 saturated heterocycles. The van der Waals surface area contributed by atoms with Gasteiger partial charge in [-0.05, 0) is 50.1 Å². The molecule has 3 heteroatoms. The van der Waals surface area contributed by atoms with E-state index in [-0.39, 0.29) is 11.7 Å². The van der Waals surface area contributed by atoms with Crippen LogP contribution in [0.1, 0.15) is 37.3 Å². The van der Waals surface area contributed by atoms with Crippen molar-refractivity contribution in [3.05, 3.63) is 53.6 Å². The van der Waals surface area contributed by atoms with Gasteiger partial charge >= 0.3 is 0 Å². The number of benzene rings is 2. The van der Waals surface area contributed by atoms with Crippen molar-refractivity contribution in [1.82, 2.24) is 4.98 Å². The highest BCUT2D eigenvalue weighted by Gasteiger charge is 2.16. The smallest absolute Gasteiger partial charge is 0.227 e. The fourth-order valence-electron chi connectivity index (χ4n) is 2.74. The van der Waals surface area contributed by atoms with E-state index in [1.54, 1.807) is 6.92 Å². The SMILES string of the molecule is CCC(C(C)=O)c1ccc2oc(-c3ccc(C)cc3)nc2c1. The van der Waals surface area contributed by atoms with Gasteiger partial charge in [0, 0.05) is 11.5 Å². The number of aryl methyl sites for hydroxylation is 1. The Bertz CT molecular complexity index is 815. The zero-order chi connectivity index (χ0) is 15.7. The van der Waals surface area contributed by atoms with Crippen molar-refractivity contribution in [2.75, 3.05) is 0 Å². The van der Waals surface area contributed by atoms with Crippen LogP contribution in [0.25, 0.3) is 22.6 Å². The number of Topliss-reactive ketones (excluding diaryl/α,β-unsaturated/α-hetero) is 1. The van der Waals surface area contributed by atoms with Crippen LogP contribution >= 0.6 is 0 Å². The topological polar surface area (TPSA) is 43.1 Å². The normalized spacial score (nSPS) is 12.5. The average molecular weight is 293 g/mol. The second-order valence-corrected chi connectivity index (χ2v) is 5.68. The van der Waals surface area contributed by atoms with Crippen LogP contribution in [-0.2, 0) is 4.79 Å². The van der Waals surface area contributed by atoms with Crippen LogP contribution in [0.5, 0.6) is 0 Å². The third-order valence-electron chi connectivity index (χ3n) is 4.01. The number of hydrogen-bond acceptors (Lipinski definition) is 3. The van der Waals surface area contributed by atoms with Crippen molar-refractivity contribution in [2.45, 2.75) is 33.1 Å². The number of fused-ring (bicyclic) bond motifs is 1. The average Bonchev–Trinajstić information content (AvgIpc) is 2.91. The Morgan fingerprint density at radius 1 is 1.18 bits per heavy atom. The maximum Gasteiger partial charge on any atom is 0.227 e. The molecule has 112 valence electrons. The number of nitrogens with zero attached hydrogens (tertiary/aromatic N) is 1. The van der Waals surface area contributed by atoms with Gasteiger partial charge in [-0.1, -0.05) is 30.7 Å². The number of ketones is 1. The van der Waals surface area contributed by atoms with Gasteiger partial charge in [-0.25, -0.2) is 4.98 Å². The molecular weight excluding hydrogens is 274 g/mol. The standard InChI is InChI=1S/C19H19NO2/c1-4-16(13(3)21)15-9-10-18-17(11-15)20-19(22-18)14-7-5-12(2)6-8-14/h5-11,16H,4H2,1-3H3. The molecule has 1 unspecified atom stereocenters. The molecule has 0 N–H and O–H groups in total. The molecule has 1 aromatic heterocycles. The van der Waals surface area contributed by atoms with Crippen LogP contribution in [0.2, 0.25) is 0 Å². The van der Waals surface area contributed by atoms with E-state index in [1.807, 2.05) is 49.4 Å². The number of aromatic nitrogens is 1. The number of carbonyl (C=O) groups excluding carboxylic acids is 1. The summed E-state index contributed by atoms with van der Waals surface area (Å²) in [4.78, 5) is 16.3. The van der Waals surface area contributed by atoms with Gasteiger partial charge in [0.2, 0.25) is 5.89 Å². The summed E-state index contributed by atoms with van der Waals surface area (Å²) in [6.07, 6.45) is 0.795. The second-order valence-electron chi connectivity index (χ2n) is 5.68. The summed E-state index contributed by atoms with van der Waals surface area (Å²) in [7, 11) is 0. The first-order valence-corrected chi connectivity index (χ1v) is 7.56. The molecular formula is C19H19NO2. The summed E-state index contributed by atoms with van der Waals surface area (Å²) in [6, 6.07) is 13.9. The Morgan fingerprint density at radius 2 is 1.91 bits per heavy atom. The molecule has 0 aliphatic heterocycles. The Balaban J connectivity index is 2.03. The molecule has 0 aliphatic rings. The molecule has 2 aromatic carbocycles. The van der Waals surface area contributed by atoms with Crippen molar-refractivity contribution < 1.29 is 9.21 Å². The summed E-state index contributed by atoms with van der Waals surface area (Å²) in [5.74, 6) is 0.732. The van der Waals surface area contributed by atoms with Crippen LogP contribution in [-0.4, -0.2) is 10.8 Å². The van der Waals surface area contributed by atoms with E-state index in [0.29, 0.717) is 5.89 Å². The predicted octanol–water partition coefficient (Wildman–Crippen LogP) is 4.89. The van der Waals surface area contributed by atoms with Gasteiger partial charge < -0.3 is 4.42 Å². The molecule has 1 atom stereocenters. The molecule has 0 aliphatic carbocycles. The molecule has 0 fully saturated rings. The Kier molecular flexibility index (Phi) is 3.80. The van der Waals surface area contributed by atoms with Gasteiger partial charge in [-0.3, -0.25) is 4.79 Å². The highest BCUT2D eigenvalue weighted by molar-refractivity contribution is 5.85. The lowest BCUT2D eigenvalue weighted by Crippen LogP contribution is -2.07. The lowest BCUT2D eigenvalue weighted by Gasteiger charge is -2.10. The molecule has 1 heterocycles. The van der Waals surface area contributed by atoms with E-state index in [9.17, 15) is 4.79 Å². The summed E-state index contributed by atoms with van der Waals surface area (Å²) < 4.78 is 5.83. The van der Waals surface area contributed by atoms with Crippen LogP contribution in [0.4, 0.5) is 0 Å². The fraction of sp³-hybridized carbons (Fsp3) is 0.263. The number of carbonyl (C=O) groups is 1. The summed E-state index contributed by atoms with van der Waals surface area (Å²) in [5.41, 5.74) is 4.72. The van der Waals surface area contributed by atoms with Crippen LogP contribution in [0.15, 0.2) is 46.9 Å². The van der Waals surface area contributed by atoms with Crippen molar-refractivity contribution >= 4 is 16.9 Å². The molecule has 0 spiro atoms. The van der Waals surface area contributed by atoms with Gasteiger partial charge in [-0.15, -0.1) is 0 Å². The quantitative estimate of drug-likeness (QED) is 0.688. The van der Waals surface area contributed by atoms with Gasteiger partial charge in [0.15, 0.2) is 5.58 Å². The number of oxazole rings is 1. The monoisotopic (exact) mass is 293 g/mol. The third kappa shape index (κ3) is 2.67. The van der Waals surface area contributed by atoms with E-state index in [2.05, 4.69) is 11.9 Å². The molecule has 0 radical (unpaired) electrons. The lowest BCUT2D eigenvalue weighted by atomic mass is 9.93. The van der Waals surface area contributed by atoms with Crippen molar-refractivity contribution in [1.29, 1.82) is 0 Å². The van der Waals surface area contributed by atoms with Crippen molar-refractivity contribution in [2.24, 2.45) is 0 Å². The minimum Gasteiger partial charge on any atom is -0.436 e. The van der Waals surface area contributed by atoms with E-state index in [4.69, 9.17) is 4.42 Å². The van der Waals surface area contributed by atoms with Crippen LogP contribution in [0.3, 0.4) is 0 Å². The van der Waals surface area contributed by atoms with Crippen LogP contribution in [0, 0.1) is 6.92 Å². The van der Waals surface area contributed by atoms with E-state index in [0.717, 1.165) is 28.6 Å². The fourth-order valence-corrected chi connectivity index (χ4v) is 2.74. The predicted molar refractivity (Wildman–Crippen MR) is 87.9 cm³/mol. The maximum atomic E-state index is 11.7. The number of rotatable bonds is 4. The van der Waals surface area contributed by atoms with Gasteiger partial charge in [-0.2, -0.15) is 0 Å². The highest BCUT2D eigenvalue weighted by Crippen LogP contribution is 2.28. The molecule has 0 amide bonds. The number of hydrogen-bond donors (Lipinski definition) is 0. The first kappa shape index (κ1) is 14.5. The largest absolute Gasteiger partial charge is 0.436 e. The molecule has 3 aromatic rings. The third-order valence-corrected chi connectivity index (χ3v) is 4.01. The van der Waals surface area contributed by atoms with Crippen molar-refractivity contribution in [3.63, 3.8) is 0 Å². The molecule has 0 saturated carbocycles. The molecule has 22 heavy (non-hydrogen) atoms. The maximum absolute atomic E-state index is 11.7. The minimum absolute atomic E-state index is 0.0658. The highest BCUT2D eigenvalue weighted by atomic mass is 16.3. The van der Waals surface area contributed by atoms with E-state index < -0.39 is 0 Å². The van der Waals surface area contributed by atoms with Gasteiger partial charge in [0.25, 0.3) is 0 Å². The molecule has 0 bridgehead atoms. The van der Waals surface area contributed by atoms with E-state index >= 15 is 0 Å². The van der Waals surface area contributed by atoms with Gasteiger partial charge in [0.05, 0.1) is 0 Å². The lowest BCUT2D eigenvalue weighted by molar-refractivity contribution is -0.118. The minimum atomic E-state index is -0.0658. The Labute approximate surface area is 130 Å². The first-order chi connectivity index (χ1) is 10.6. The zero-order valence-corrected chi connectivity index (χ0v) is 13.1. The summed E-state index contributed by atoms with van der Waals surface area (Å²) in [6.45, 7) is 5.71. The Morgan fingerprint density at radius 3 is 2.55 bits per heavy atom. The molecule has 3 nitrogen and oxygen atoms in total. The zero-order valence-electron chi connectivity index (χ0n) is 13.1. The summed E-state index contributed by atoms with van der Waals surface area (Å²) in [5, 5.41) is 0. The Hall–Kier alpha value is -2.42. The summed E-state index contributed by atoms with van der Waals surface area (Å²) >= 11 is 0. The van der Waals surface area contributed by atoms with Crippen molar-refractivity contribution in [3.8, 4) is 11.5 Å². The first-order valence-electron chi connectivity index (χ1n) is 7.56. The van der Waals surface area contributed by atoms with Crippen LogP contribution < -0.4 is 0 Å².